The second-order valence-corrected chi connectivity index (χ2v) is 11.8. The fourth-order valence-electron chi connectivity index (χ4n) is 7.00. The van der Waals surface area contributed by atoms with Crippen molar-refractivity contribution in [2.75, 3.05) is 7.11 Å². The number of rotatable bonds is 8. The van der Waals surface area contributed by atoms with Crippen molar-refractivity contribution in [3.8, 4) is 11.5 Å². The predicted octanol–water partition coefficient (Wildman–Crippen LogP) is 7.93. The summed E-state index contributed by atoms with van der Waals surface area (Å²) >= 11 is 18.8. The van der Waals surface area contributed by atoms with Crippen LogP contribution in [0.15, 0.2) is 30.3 Å². The van der Waals surface area contributed by atoms with E-state index in [1.807, 2.05) is 18.2 Å². The first-order chi connectivity index (χ1) is 15.8. The molecule has 2 aromatic carbocycles. The van der Waals surface area contributed by atoms with Crippen LogP contribution in [0.4, 0.5) is 0 Å². The second kappa shape index (κ2) is 9.49. The summed E-state index contributed by atoms with van der Waals surface area (Å²) < 4.78 is 11.6. The zero-order valence-electron chi connectivity index (χ0n) is 19.3. The first kappa shape index (κ1) is 23.6. The number of halogens is 3. The van der Waals surface area contributed by atoms with Gasteiger partial charge in [-0.3, -0.25) is 0 Å². The maximum absolute atomic E-state index is 6.63. The first-order valence-electron chi connectivity index (χ1n) is 12.0. The standard InChI is InChI=1S/C27H32Cl3NO2/c1-16(27-11-18-5-19(12-27)7-20(6-18)13-27)31-14-21-9-24(30)26(25(10-21)32-2)33-15-17-3-4-22(28)23(29)8-17/h3-4,8-10,16,18-20,31H,5-7,11-15H2,1-2H3. The Morgan fingerprint density at radius 1 is 0.909 bits per heavy atom. The lowest BCUT2D eigenvalue weighted by Crippen LogP contribution is -2.54. The molecule has 33 heavy (non-hydrogen) atoms. The molecular formula is C27H32Cl3NO2. The van der Waals surface area contributed by atoms with Crippen LogP contribution < -0.4 is 14.8 Å². The number of methoxy groups -OCH3 is 1. The van der Waals surface area contributed by atoms with E-state index in [0.29, 0.717) is 44.6 Å². The van der Waals surface area contributed by atoms with Crippen LogP contribution in [0.3, 0.4) is 0 Å². The van der Waals surface area contributed by atoms with E-state index < -0.39 is 0 Å². The fraction of sp³-hybridized carbons (Fsp3) is 0.556. The van der Waals surface area contributed by atoms with E-state index in [-0.39, 0.29) is 0 Å². The van der Waals surface area contributed by atoms with Crippen molar-refractivity contribution < 1.29 is 9.47 Å². The minimum Gasteiger partial charge on any atom is -0.493 e. The number of ether oxygens (including phenoxy) is 2. The van der Waals surface area contributed by atoms with Crippen molar-refractivity contribution in [2.24, 2.45) is 23.2 Å². The summed E-state index contributed by atoms with van der Waals surface area (Å²) in [5, 5.41) is 5.42. The van der Waals surface area contributed by atoms with Crippen LogP contribution in [-0.2, 0) is 13.2 Å². The number of hydrogen-bond donors (Lipinski definition) is 1. The summed E-state index contributed by atoms with van der Waals surface area (Å²) in [6.45, 7) is 3.49. The maximum atomic E-state index is 6.63. The van der Waals surface area contributed by atoms with Gasteiger partial charge in [-0.05, 0) is 104 Å². The van der Waals surface area contributed by atoms with Gasteiger partial charge in [-0.15, -0.1) is 0 Å². The number of benzene rings is 2. The SMILES string of the molecule is COc1cc(CNC(C)C23CC4CC(CC(C4)C2)C3)cc(Cl)c1OCc1ccc(Cl)c(Cl)c1. The molecule has 4 aliphatic rings. The monoisotopic (exact) mass is 507 g/mol. The van der Waals surface area contributed by atoms with Gasteiger partial charge < -0.3 is 14.8 Å². The van der Waals surface area contributed by atoms with Crippen molar-refractivity contribution >= 4 is 34.8 Å². The molecular weight excluding hydrogens is 477 g/mol. The van der Waals surface area contributed by atoms with Crippen molar-refractivity contribution in [3.63, 3.8) is 0 Å². The molecule has 0 heterocycles. The molecule has 0 aromatic heterocycles. The summed E-state index contributed by atoms with van der Waals surface area (Å²) in [7, 11) is 1.65. The highest BCUT2D eigenvalue weighted by Crippen LogP contribution is 2.61. The molecule has 0 radical (unpaired) electrons. The Bertz CT molecular complexity index is 989. The summed E-state index contributed by atoms with van der Waals surface area (Å²) in [4.78, 5) is 0. The molecule has 6 rings (SSSR count). The molecule has 4 aliphatic carbocycles. The molecule has 3 nitrogen and oxygen atoms in total. The van der Waals surface area contributed by atoms with Crippen molar-refractivity contribution in [3.05, 3.63) is 56.5 Å². The maximum Gasteiger partial charge on any atom is 0.180 e. The van der Waals surface area contributed by atoms with Gasteiger partial charge in [-0.2, -0.15) is 0 Å². The molecule has 0 aliphatic heterocycles. The Hall–Kier alpha value is -1.13. The Morgan fingerprint density at radius 3 is 2.15 bits per heavy atom. The molecule has 0 saturated heterocycles. The largest absolute Gasteiger partial charge is 0.493 e. The molecule has 1 unspecified atom stereocenters. The minimum atomic E-state index is 0.327. The number of hydrogen-bond acceptors (Lipinski definition) is 3. The van der Waals surface area contributed by atoms with Gasteiger partial charge in [0.15, 0.2) is 11.5 Å². The van der Waals surface area contributed by atoms with E-state index in [1.54, 1.807) is 19.2 Å². The van der Waals surface area contributed by atoms with Crippen LogP contribution >= 0.6 is 34.8 Å². The van der Waals surface area contributed by atoms with Gasteiger partial charge >= 0.3 is 0 Å². The summed E-state index contributed by atoms with van der Waals surface area (Å²) in [5.74, 6) is 4.07. The molecule has 6 heteroatoms. The fourth-order valence-corrected chi connectivity index (χ4v) is 7.60. The van der Waals surface area contributed by atoms with E-state index in [9.17, 15) is 0 Å². The van der Waals surface area contributed by atoms with Gasteiger partial charge in [0.25, 0.3) is 0 Å². The van der Waals surface area contributed by atoms with E-state index in [1.165, 1.54) is 38.5 Å². The Balaban J connectivity index is 1.25. The third-order valence-corrected chi connectivity index (χ3v) is 9.29. The van der Waals surface area contributed by atoms with Crippen molar-refractivity contribution in [1.82, 2.24) is 5.32 Å². The third kappa shape index (κ3) is 4.85. The molecule has 0 spiro atoms. The molecule has 2 aromatic rings. The zero-order valence-corrected chi connectivity index (χ0v) is 21.6. The van der Waals surface area contributed by atoms with Gasteiger partial charge in [0.05, 0.1) is 22.2 Å². The normalized spacial score (nSPS) is 28.7. The topological polar surface area (TPSA) is 30.5 Å². The lowest BCUT2D eigenvalue weighted by molar-refractivity contribution is -0.0706. The van der Waals surface area contributed by atoms with Gasteiger partial charge in [0, 0.05) is 12.6 Å². The lowest BCUT2D eigenvalue weighted by atomic mass is 9.48. The highest BCUT2D eigenvalue weighted by Gasteiger charge is 2.52. The van der Waals surface area contributed by atoms with Gasteiger partial charge in [0.2, 0.25) is 0 Å². The van der Waals surface area contributed by atoms with Crippen molar-refractivity contribution in [2.45, 2.75) is 64.6 Å². The average Bonchev–Trinajstić information content (AvgIpc) is 2.77. The Labute approximate surface area is 212 Å². The molecule has 0 amide bonds. The summed E-state index contributed by atoms with van der Waals surface area (Å²) in [6, 6.07) is 9.96. The highest BCUT2D eigenvalue weighted by atomic mass is 35.5. The number of nitrogens with one attached hydrogen (secondary N) is 1. The molecule has 4 bridgehead atoms. The van der Waals surface area contributed by atoms with Crippen LogP contribution in [0.1, 0.15) is 56.6 Å². The van der Waals surface area contributed by atoms with E-state index in [4.69, 9.17) is 44.3 Å². The molecule has 178 valence electrons. The minimum absolute atomic E-state index is 0.327. The third-order valence-electron chi connectivity index (χ3n) is 8.27. The molecule has 4 fully saturated rings. The van der Waals surface area contributed by atoms with E-state index in [2.05, 4.69) is 12.2 Å². The van der Waals surface area contributed by atoms with Crippen LogP contribution in [0.25, 0.3) is 0 Å². The average molecular weight is 509 g/mol. The van der Waals surface area contributed by atoms with Gasteiger partial charge in [-0.25, -0.2) is 0 Å². The quantitative estimate of drug-likeness (QED) is 0.393. The predicted molar refractivity (Wildman–Crippen MR) is 136 cm³/mol. The van der Waals surface area contributed by atoms with E-state index >= 15 is 0 Å². The van der Waals surface area contributed by atoms with Gasteiger partial charge in [0.1, 0.15) is 6.61 Å². The van der Waals surface area contributed by atoms with E-state index in [0.717, 1.165) is 35.4 Å². The first-order valence-corrected chi connectivity index (χ1v) is 13.1. The molecule has 1 atom stereocenters. The summed E-state index contributed by atoms with van der Waals surface area (Å²) in [6.07, 6.45) is 8.63. The van der Waals surface area contributed by atoms with Crippen LogP contribution in [0.2, 0.25) is 15.1 Å². The Morgan fingerprint density at radius 2 is 1.55 bits per heavy atom. The van der Waals surface area contributed by atoms with Crippen LogP contribution in [-0.4, -0.2) is 13.2 Å². The smallest absolute Gasteiger partial charge is 0.180 e. The van der Waals surface area contributed by atoms with Crippen molar-refractivity contribution in [1.29, 1.82) is 0 Å². The summed E-state index contributed by atoms with van der Waals surface area (Å²) in [5.41, 5.74) is 2.50. The van der Waals surface area contributed by atoms with Crippen LogP contribution in [0.5, 0.6) is 11.5 Å². The lowest BCUT2D eigenvalue weighted by Gasteiger charge is -2.59. The highest BCUT2D eigenvalue weighted by molar-refractivity contribution is 6.42. The zero-order chi connectivity index (χ0) is 23.2. The molecule has 4 saturated carbocycles. The van der Waals surface area contributed by atoms with Crippen LogP contribution in [0, 0.1) is 23.2 Å². The Kier molecular flexibility index (Phi) is 6.79. The van der Waals surface area contributed by atoms with Gasteiger partial charge in [-0.1, -0.05) is 40.9 Å². The molecule has 1 N–H and O–H groups in total. The second-order valence-electron chi connectivity index (χ2n) is 10.5.